The normalized spacial score (nSPS) is 10.9. The van der Waals surface area contributed by atoms with Gasteiger partial charge in [0.05, 0.1) is 19.3 Å². The Hall–Kier alpha value is -4.87. The third-order valence-electron chi connectivity index (χ3n) is 4.95. The van der Waals surface area contributed by atoms with E-state index in [-0.39, 0.29) is 12.5 Å². The summed E-state index contributed by atoms with van der Waals surface area (Å²) in [6.45, 7) is 0.526. The number of benzene rings is 2. The van der Waals surface area contributed by atoms with Crippen molar-refractivity contribution in [2.45, 2.75) is 0 Å². The molecule has 5 rings (SSSR count). The number of aromatic nitrogens is 8. The molecule has 3 heterocycles. The topological polar surface area (TPSA) is 134 Å². The van der Waals surface area contributed by atoms with Crippen molar-refractivity contribution in [2.75, 3.05) is 20.3 Å². The summed E-state index contributed by atoms with van der Waals surface area (Å²) in [5, 5.41) is 26.7. The van der Waals surface area contributed by atoms with E-state index in [1.165, 1.54) is 11.0 Å². The highest BCUT2D eigenvalue weighted by Crippen LogP contribution is 2.21. The molecule has 0 aliphatic rings. The first-order valence-electron chi connectivity index (χ1n) is 10.3. The van der Waals surface area contributed by atoms with Gasteiger partial charge in [0.15, 0.2) is 11.5 Å². The number of rotatable bonds is 8. The van der Waals surface area contributed by atoms with Crippen molar-refractivity contribution >= 4 is 11.6 Å². The minimum Gasteiger partial charge on any atom is -0.497 e. The molecule has 5 aromatic rings. The van der Waals surface area contributed by atoms with Gasteiger partial charge < -0.3 is 14.8 Å². The van der Waals surface area contributed by atoms with Crippen LogP contribution in [0.3, 0.4) is 0 Å². The van der Waals surface area contributed by atoms with Gasteiger partial charge in [-0.2, -0.15) is 4.52 Å². The van der Waals surface area contributed by atoms with Crippen molar-refractivity contribution in [1.82, 2.24) is 45.3 Å². The van der Waals surface area contributed by atoms with Crippen LogP contribution in [0.4, 0.5) is 0 Å². The quantitative estimate of drug-likeness (QED) is 0.345. The Morgan fingerprint density at radius 1 is 1.06 bits per heavy atom. The van der Waals surface area contributed by atoms with E-state index in [9.17, 15) is 4.79 Å². The zero-order valence-corrected chi connectivity index (χ0v) is 18.1. The maximum Gasteiger partial charge on any atom is 0.251 e. The Morgan fingerprint density at radius 2 is 1.94 bits per heavy atom. The Morgan fingerprint density at radius 3 is 2.74 bits per heavy atom. The molecule has 1 amide bonds. The third-order valence-corrected chi connectivity index (χ3v) is 4.95. The molecule has 0 bridgehead atoms. The Bertz CT molecular complexity index is 1420. The molecule has 12 nitrogen and oxygen atoms in total. The molecule has 0 aliphatic heterocycles. The summed E-state index contributed by atoms with van der Waals surface area (Å²) in [5.74, 6) is 1.48. The Kier molecular flexibility index (Phi) is 5.76. The summed E-state index contributed by atoms with van der Waals surface area (Å²) in [7, 11) is 1.61. The number of fused-ring (bicyclic) bond motifs is 1. The fraction of sp³-hybridized carbons (Fsp3) is 0.136. The second kappa shape index (κ2) is 9.32. The molecule has 12 heteroatoms. The van der Waals surface area contributed by atoms with Crippen LogP contribution in [0.1, 0.15) is 10.4 Å². The molecule has 0 saturated carbocycles. The SMILES string of the molecule is COc1ccc(-c2nnc3ccc(OCCNC(=O)c4cccc(-n5cnnn5)c4)nn23)cc1. The zero-order chi connectivity index (χ0) is 23.3. The van der Waals surface area contributed by atoms with Crippen LogP contribution in [-0.2, 0) is 0 Å². The third kappa shape index (κ3) is 4.37. The number of hydrogen-bond acceptors (Lipinski definition) is 9. The minimum atomic E-state index is -0.234. The lowest BCUT2D eigenvalue weighted by Gasteiger charge is -2.08. The molecule has 3 aromatic heterocycles. The van der Waals surface area contributed by atoms with Gasteiger partial charge in [0.25, 0.3) is 5.91 Å². The molecule has 1 N–H and O–H groups in total. The zero-order valence-electron chi connectivity index (χ0n) is 18.1. The van der Waals surface area contributed by atoms with Crippen molar-refractivity contribution in [3.05, 3.63) is 72.6 Å². The lowest BCUT2D eigenvalue weighted by Crippen LogP contribution is -2.28. The van der Waals surface area contributed by atoms with E-state index in [2.05, 4.69) is 36.1 Å². The number of hydrogen-bond donors (Lipinski definition) is 1. The molecule has 0 fully saturated rings. The molecule has 2 aromatic carbocycles. The van der Waals surface area contributed by atoms with Crippen molar-refractivity contribution in [2.24, 2.45) is 0 Å². The lowest BCUT2D eigenvalue weighted by molar-refractivity contribution is 0.0946. The van der Waals surface area contributed by atoms with Gasteiger partial charge >= 0.3 is 0 Å². The smallest absolute Gasteiger partial charge is 0.251 e. The second-order valence-corrected chi connectivity index (χ2v) is 7.10. The Balaban J connectivity index is 1.21. The molecule has 34 heavy (non-hydrogen) atoms. The average molecular weight is 457 g/mol. The van der Waals surface area contributed by atoms with Gasteiger partial charge in [0.1, 0.15) is 18.7 Å². The van der Waals surface area contributed by atoms with Gasteiger partial charge in [-0.15, -0.1) is 20.4 Å². The fourth-order valence-corrected chi connectivity index (χ4v) is 3.26. The first kappa shape index (κ1) is 21.0. The predicted octanol–water partition coefficient (Wildman–Crippen LogP) is 1.58. The van der Waals surface area contributed by atoms with Crippen LogP contribution in [-0.4, -0.2) is 66.2 Å². The maximum atomic E-state index is 12.5. The van der Waals surface area contributed by atoms with Gasteiger partial charge in [-0.3, -0.25) is 4.79 Å². The number of carbonyl (C=O) groups is 1. The molecular formula is C22H19N9O3. The number of nitrogens with zero attached hydrogens (tertiary/aromatic N) is 8. The Labute approximate surface area is 193 Å². The molecule has 0 radical (unpaired) electrons. The number of methoxy groups -OCH3 is 1. The molecular weight excluding hydrogens is 438 g/mol. The highest BCUT2D eigenvalue weighted by atomic mass is 16.5. The van der Waals surface area contributed by atoms with E-state index < -0.39 is 0 Å². The first-order chi connectivity index (χ1) is 16.7. The van der Waals surface area contributed by atoms with Crippen LogP contribution in [0.25, 0.3) is 22.7 Å². The van der Waals surface area contributed by atoms with Crippen molar-refractivity contribution < 1.29 is 14.3 Å². The number of ether oxygens (including phenoxy) is 2. The van der Waals surface area contributed by atoms with Gasteiger partial charge in [0.2, 0.25) is 5.88 Å². The molecule has 0 atom stereocenters. The van der Waals surface area contributed by atoms with Gasteiger partial charge in [-0.05, 0) is 59.0 Å². The fourth-order valence-electron chi connectivity index (χ4n) is 3.26. The van der Waals surface area contributed by atoms with Crippen molar-refractivity contribution in [1.29, 1.82) is 0 Å². The van der Waals surface area contributed by atoms with Crippen molar-refractivity contribution in [3.8, 4) is 28.7 Å². The van der Waals surface area contributed by atoms with Crippen LogP contribution >= 0.6 is 0 Å². The van der Waals surface area contributed by atoms with E-state index in [4.69, 9.17) is 9.47 Å². The van der Waals surface area contributed by atoms with Crippen LogP contribution in [0.5, 0.6) is 11.6 Å². The van der Waals surface area contributed by atoms with Gasteiger partial charge in [-0.1, -0.05) is 6.07 Å². The molecule has 0 aliphatic carbocycles. The second-order valence-electron chi connectivity index (χ2n) is 7.10. The van der Waals surface area contributed by atoms with E-state index in [0.29, 0.717) is 35.1 Å². The summed E-state index contributed by atoms with van der Waals surface area (Å²) in [5.41, 5.74) is 2.61. The average Bonchev–Trinajstić information content (AvgIpc) is 3.57. The lowest BCUT2D eigenvalue weighted by atomic mass is 10.2. The number of carbonyl (C=O) groups excluding carboxylic acids is 1. The molecule has 0 spiro atoms. The van der Waals surface area contributed by atoms with E-state index in [0.717, 1.165) is 11.3 Å². The summed E-state index contributed by atoms with van der Waals surface area (Å²) < 4.78 is 14.0. The van der Waals surface area contributed by atoms with Gasteiger partial charge in [0, 0.05) is 17.2 Å². The molecule has 0 saturated heterocycles. The number of amides is 1. The summed E-state index contributed by atoms with van der Waals surface area (Å²) in [6.07, 6.45) is 1.46. The van der Waals surface area contributed by atoms with E-state index in [1.54, 1.807) is 42.0 Å². The van der Waals surface area contributed by atoms with Crippen LogP contribution in [0.15, 0.2) is 67.0 Å². The summed E-state index contributed by atoms with van der Waals surface area (Å²) in [6, 6.07) is 17.9. The summed E-state index contributed by atoms with van der Waals surface area (Å²) in [4.78, 5) is 12.5. The van der Waals surface area contributed by atoms with Gasteiger partial charge in [-0.25, -0.2) is 4.68 Å². The largest absolute Gasteiger partial charge is 0.497 e. The number of tetrazole rings is 1. The standard InChI is InChI=1S/C22H19N9O3/c1-33-18-7-5-15(6-8-18)21-26-25-19-9-10-20(27-31(19)21)34-12-11-23-22(32)16-3-2-4-17(13-16)30-14-24-28-29-30/h2-10,13-14H,11-12H2,1H3,(H,23,32). The number of nitrogens with one attached hydrogen (secondary N) is 1. The molecule has 170 valence electrons. The summed E-state index contributed by atoms with van der Waals surface area (Å²) >= 11 is 0. The molecule has 0 unspecified atom stereocenters. The highest BCUT2D eigenvalue weighted by molar-refractivity contribution is 5.94. The minimum absolute atomic E-state index is 0.233. The van der Waals surface area contributed by atoms with Crippen molar-refractivity contribution in [3.63, 3.8) is 0 Å². The van der Waals surface area contributed by atoms with E-state index in [1.807, 2.05) is 30.3 Å². The van der Waals surface area contributed by atoms with Crippen LogP contribution in [0.2, 0.25) is 0 Å². The van der Waals surface area contributed by atoms with E-state index >= 15 is 0 Å². The monoisotopic (exact) mass is 457 g/mol. The van der Waals surface area contributed by atoms with Crippen LogP contribution in [0, 0.1) is 0 Å². The highest BCUT2D eigenvalue weighted by Gasteiger charge is 2.11. The van der Waals surface area contributed by atoms with Crippen LogP contribution < -0.4 is 14.8 Å². The maximum absolute atomic E-state index is 12.5. The predicted molar refractivity (Wildman–Crippen MR) is 120 cm³/mol. The first-order valence-corrected chi connectivity index (χ1v) is 10.3.